The van der Waals surface area contributed by atoms with Crippen molar-refractivity contribution in [3.8, 4) is 11.4 Å². The lowest BCUT2D eigenvalue weighted by atomic mass is 9.95. The first kappa shape index (κ1) is 24.6. The van der Waals surface area contributed by atoms with E-state index in [1.165, 1.54) is 4.31 Å². The third-order valence-corrected chi connectivity index (χ3v) is 8.88. The smallest absolute Gasteiger partial charge is 0.243 e. The number of nitrogens with zero attached hydrogens (tertiary/aromatic N) is 5. The lowest BCUT2D eigenvalue weighted by molar-refractivity contribution is -0.138. The second-order valence-electron chi connectivity index (χ2n) is 9.47. The largest absolute Gasteiger partial charge is 0.340 e. The zero-order valence-corrected chi connectivity index (χ0v) is 21.2. The summed E-state index contributed by atoms with van der Waals surface area (Å²) in [5, 5.41) is 4.12. The maximum Gasteiger partial charge on any atom is 0.243 e. The molecule has 9 nitrogen and oxygen atoms in total. The molecule has 36 heavy (non-hydrogen) atoms. The van der Waals surface area contributed by atoms with Gasteiger partial charge in [-0.15, -0.1) is 0 Å². The van der Waals surface area contributed by atoms with Crippen molar-refractivity contribution in [2.75, 3.05) is 39.3 Å². The van der Waals surface area contributed by atoms with Crippen molar-refractivity contribution >= 4 is 15.9 Å². The predicted molar refractivity (Wildman–Crippen MR) is 134 cm³/mol. The number of likely N-dealkylation sites (tertiary alicyclic amines) is 1. The van der Waals surface area contributed by atoms with Gasteiger partial charge in [-0.25, -0.2) is 8.42 Å². The van der Waals surface area contributed by atoms with Crippen LogP contribution in [0.5, 0.6) is 0 Å². The van der Waals surface area contributed by atoms with E-state index in [9.17, 15) is 13.2 Å². The summed E-state index contributed by atoms with van der Waals surface area (Å²) >= 11 is 0. The third kappa shape index (κ3) is 5.35. The number of hydrogen-bond donors (Lipinski definition) is 0. The SMILES string of the molecule is Cc1cccc(-c2noc(CN3CCC(C(=O)N4CCN(S(=O)(=O)c5ccccc5)CC4)CC3)n2)c1. The molecule has 2 aliphatic heterocycles. The first-order valence-corrected chi connectivity index (χ1v) is 13.8. The van der Waals surface area contributed by atoms with Crippen molar-refractivity contribution in [3.05, 3.63) is 66.1 Å². The molecule has 5 rings (SSSR count). The van der Waals surface area contributed by atoms with Crippen molar-refractivity contribution in [1.29, 1.82) is 0 Å². The lowest BCUT2D eigenvalue weighted by Gasteiger charge is -2.38. The van der Waals surface area contributed by atoms with Crippen LogP contribution >= 0.6 is 0 Å². The average molecular weight is 510 g/mol. The first-order chi connectivity index (χ1) is 17.4. The molecule has 190 valence electrons. The number of piperidine rings is 1. The number of benzene rings is 2. The molecule has 2 aliphatic rings. The van der Waals surface area contributed by atoms with Gasteiger partial charge in [-0.3, -0.25) is 9.69 Å². The molecule has 0 radical (unpaired) electrons. The van der Waals surface area contributed by atoms with Crippen LogP contribution in [-0.4, -0.2) is 77.8 Å². The molecule has 1 amide bonds. The number of amides is 1. The van der Waals surface area contributed by atoms with Gasteiger partial charge in [0.25, 0.3) is 0 Å². The molecule has 0 spiro atoms. The van der Waals surface area contributed by atoms with Crippen molar-refractivity contribution in [2.45, 2.75) is 31.2 Å². The second kappa shape index (κ2) is 10.5. The summed E-state index contributed by atoms with van der Waals surface area (Å²) in [7, 11) is -3.52. The predicted octanol–water partition coefficient (Wildman–Crippen LogP) is 2.79. The number of carbonyl (C=O) groups is 1. The minimum Gasteiger partial charge on any atom is -0.340 e. The highest BCUT2D eigenvalue weighted by Gasteiger charge is 2.34. The van der Waals surface area contributed by atoms with E-state index in [0.29, 0.717) is 49.3 Å². The second-order valence-corrected chi connectivity index (χ2v) is 11.4. The van der Waals surface area contributed by atoms with E-state index < -0.39 is 10.0 Å². The van der Waals surface area contributed by atoms with Crippen molar-refractivity contribution in [1.82, 2.24) is 24.2 Å². The van der Waals surface area contributed by atoms with Gasteiger partial charge in [0.05, 0.1) is 11.4 Å². The van der Waals surface area contributed by atoms with Gasteiger partial charge in [-0.2, -0.15) is 9.29 Å². The summed E-state index contributed by atoms with van der Waals surface area (Å²) in [6.07, 6.45) is 1.53. The fourth-order valence-corrected chi connectivity index (χ4v) is 6.34. The topological polar surface area (TPSA) is 99.9 Å². The first-order valence-electron chi connectivity index (χ1n) is 12.4. The Balaban J connectivity index is 1.10. The highest BCUT2D eigenvalue weighted by Crippen LogP contribution is 2.24. The fraction of sp³-hybridized carbons (Fsp3) is 0.423. The van der Waals surface area contributed by atoms with Crippen molar-refractivity contribution in [3.63, 3.8) is 0 Å². The molecule has 0 bridgehead atoms. The summed E-state index contributed by atoms with van der Waals surface area (Å²) in [6.45, 7) is 5.65. The summed E-state index contributed by atoms with van der Waals surface area (Å²) in [5.74, 6) is 1.26. The van der Waals surface area contributed by atoms with E-state index >= 15 is 0 Å². The Morgan fingerprint density at radius 3 is 2.39 bits per heavy atom. The Kier molecular flexibility index (Phi) is 7.17. The van der Waals surface area contributed by atoms with E-state index in [1.807, 2.05) is 36.1 Å². The number of rotatable bonds is 6. The Morgan fingerprint density at radius 2 is 1.69 bits per heavy atom. The standard InChI is InChI=1S/C26H31N5O4S/c1-20-6-5-7-22(18-20)25-27-24(35-28-25)19-29-12-10-21(11-13-29)26(32)30-14-16-31(17-15-30)36(33,34)23-8-3-2-4-9-23/h2-9,18,21H,10-17,19H2,1H3. The number of hydrogen-bond acceptors (Lipinski definition) is 7. The summed E-state index contributed by atoms with van der Waals surface area (Å²) in [4.78, 5) is 22.0. The molecule has 0 N–H and O–H groups in total. The summed E-state index contributed by atoms with van der Waals surface area (Å²) < 4.78 is 32.6. The van der Waals surface area contributed by atoms with E-state index in [-0.39, 0.29) is 11.8 Å². The Morgan fingerprint density at radius 1 is 0.972 bits per heavy atom. The maximum absolute atomic E-state index is 13.1. The number of aromatic nitrogens is 2. The molecule has 1 aromatic heterocycles. The van der Waals surface area contributed by atoms with Crippen LogP contribution in [0.15, 0.2) is 64.0 Å². The number of carbonyl (C=O) groups excluding carboxylic acids is 1. The zero-order chi connectivity index (χ0) is 25.1. The van der Waals surface area contributed by atoms with Crippen LogP contribution in [0.4, 0.5) is 0 Å². The van der Waals surface area contributed by atoms with Crippen LogP contribution < -0.4 is 0 Å². The fourth-order valence-electron chi connectivity index (χ4n) is 4.90. The van der Waals surface area contributed by atoms with E-state index in [1.54, 1.807) is 30.3 Å². The van der Waals surface area contributed by atoms with Gasteiger partial charge >= 0.3 is 0 Å². The number of sulfonamides is 1. The van der Waals surface area contributed by atoms with Gasteiger partial charge < -0.3 is 9.42 Å². The van der Waals surface area contributed by atoms with E-state index in [4.69, 9.17) is 4.52 Å². The summed E-state index contributed by atoms with van der Waals surface area (Å²) in [6, 6.07) is 16.5. The molecule has 3 heterocycles. The summed E-state index contributed by atoms with van der Waals surface area (Å²) in [5.41, 5.74) is 2.08. The number of aryl methyl sites for hydroxylation is 1. The molecule has 10 heteroatoms. The highest BCUT2D eigenvalue weighted by atomic mass is 32.2. The molecule has 0 saturated carbocycles. The lowest BCUT2D eigenvalue weighted by Crippen LogP contribution is -2.52. The third-order valence-electron chi connectivity index (χ3n) is 6.97. The van der Waals surface area contributed by atoms with Gasteiger partial charge in [0.1, 0.15) is 0 Å². The van der Waals surface area contributed by atoms with Gasteiger partial charge in [0.15, 0.2) is 0 Å². The van der Waals surface area contributed by atoms with Crippen molar-refractivity contribution in [2.24, 2.45) is 5.92 Å². The minimum atomic E-state index is -3.52. The molecule has 0 unspecified atom stereocenters. The molecular weight excluding hydrogens is 478 g/mol. The van der Waals surface area contributed by atoms with Crippen LogP contribution in [0.25, 0.3) is 11.4 Å². The molecule has 2 fully saturated rings. The monoisotopic (exact) mass is 509 g/mol. The zero-order valence-electron chi connectivity index (χ0n) is 20.4. The minimum absolute atomic E-state index is 0.0379. The molecule has 0 aliphatic carbocycles. The maximum atomic E-state index is 13.1. The van der Waals surface area contributed by atoms with Crippen molar-refractivity contribution < 1.29 is 17.7 Å². The van der Waals surface area contributed by atoms with E-state index in [0.717, 1.165) is 37.1 Å². The van der Waals surface area contributed by atoms with Gasteiger partial charge in [0.2, 0.25) is 27.6 Å². The van der Waals surface area contributed by atoms with Crippen LogP contribution in [0.3, 0.4) is 0 Å². The average Bonchev–Trinajstić information content (AvgIpc) is 3.38. The Bertz CT molecular complexity index is 1290. The molecule has 3 aromatic rings. The Labute approximate surface area is 211 Å². The quantitative estimate of drug-likeness (QED) is 0.504. The van der Waals surface area contributed by atoms with Gasteiger partial charge in [-0.05, 0) is 51.1 Å². The van der Waals surface area contributed by atoms with Gasteiger partial charge in [-0.1, -0.05) is 47.1 Å². The highest BCUT2D eigenvalue weighted by molar-refractivity contribution is 7.89. The molecule has 2 aromatic carbocycles. The normalized spacial score (nSPS) is 18.4. The molecular formula is C26H31N5O4S. The van der Waals surface area contributed by atoms with Crippen LogP contribution in [-0.2, 0) is 21.4 Å². The van der Waals surface area contributed by atoms with Crippen LogP contribution in [0.2, 0.25) is 0 Å². The number of piperazine rings is 1. The Hall–Kier alpha value is -3.08. The molecule has 2 saturated heterocycles. The van der Waals surface area contributed by atoms with Gasteiger partial charge in [0, 0.05) is 37.7 Å². The van der Waals surface area contributed by atoms with Crippen LogP contribution in [0.1, 0.15) is 24.3 Å². The molecule has 0 atom stereocenters. The van der Waals surface area contributed by atoms with Crippen LogP contribution in [0, 0.1) is 12.8 Å². The van der Waals surface area contributed by atoms with E-state index in [2.05, 4.69) is 15.0 Å².